The quantitative estimate of drug-likeness (QED) is 0.840. The van der Waals surface area contributed by atoms with Gasteiger partial charge in [0.2, 0.25) is 0 Å². The van der Waals surface area contributed by atoms with Crippen LogP contribution in [0.1, 0.15) is 36.7 Å². The first-order valence-corrected chi connectivity index (χ1v) is 7.76. The predicted octanol–water partition coefficient (Wildman–Crippen LogP) is 4.85. The van der Waals surface area contributed by atoms with Gasteiger partial charge in [-0.05, 0) is 35.2 Å². The topological polar surface area (TPSA) is 47.6 Å². The maximum Gasteiger partial charge on any atom is 0.387 e. The van der Waals surface area contributed by atoms with Crippen LogP contribution in [0.5, 0.6) is 11.5 Å². The lowest BCUT2D eigenvalue weighted by molar-refractivity contribution is -0.0512. The van der Waals surface area contributed by atoms with E-state index < -0.39 is 6.61 Å². The Morgan fingerprint density at radius 1 is 1.08 bits per heavy atom. The van der Waals surface area contributed by atoms with E-state index in [1.54, 1.807) is 0 Å². The van der Waals surface area contributed by atoms with Gasteiger partial charge < -0.3 is 14.8 Å². The van der Waals surface area contributed by atoms with E-state index in [0.29, 0.717) is 5.69 Å². The van der Waals surface area contributed by atoms with E-state index in [-0.39, 0.29) is 28.4 Å². The van der Waals surface area contributed by atoms with E-state index in [0.717, 1.165) is 5.56 Å². The Labute approximate surface area is 145 Å². The van der Waals surface area contributed by atoms with Gasteiger partial charge in [-0.2, -0.15) is 8.78 Å². The molecule has 1 N–H and O–H groups in total. The summed E-state index contributed by atoms with van der Waals surface area (Å²) in [5, 5.41) is 2.86. The van der Waals surface area contributed by atoms with Gasteiger partial charge in [-0.1, -0.05) is 39.0 Å². The summed E-state index contributed by atoms with van der Waals surface area (Å²) >= 11 is 0. The molecule has 0 aliphatic rings. The van der Waals surface area contributed by atoms with Crippen molar-refractivity contribution >= 4 is 11.6 Å². The molecule has 0 spiro atoms. The first kappa shape index (κ1) is 18.7. The molecule has 0 saturated heterocycles. The Hall–Kier alpha value is -2.63. The average molecular weight is 349 g/mol. The van der Waals surface area contributed by atoms with Crippen LogP contribution >= 0.6 is 0 Å². The molecule has 2 aromatic carbocycles. The number of hydrogen-bond donors (Lipinski definition) is 1. The van der Waals surface area contributed by atoms with E-state index in [1.807, 2.05) is 24.3 Å². The van der Waals surface area contributed by atoms with Gasteiger partial charge in [0.25, 0.3) is 5.91 Å². The second-order valence-electron chi connectivity index (χ2n) is 6.49. The van der Waals surface area contributed by atoms with Gasteiger partial charge >= 0.3 is 6.61 Å². The van der Waals surface area contributed by atoms with Gasteiger partial charge in [-0.3, -0.25) is 4.79 Å². The van der Waals surface area contributed by atoms with Crippen LogP contribution < -0.4 is 14.8 Å². The van der Waals surface area contributed by atoms with Gasteiger partial charge in [-0.15, -0.1) is 0 Å². The molecule has 25 heavy (non-hydrogen) atoms. The highest BCUT2D eigenvalue weighted by molar-refractivity contribution is 6.05. The summed E-state index contributed by atoms with van der Waals surface area (Å²) < 4.78 is 34.2. The lowest BCUT2D eigenvalue weighted by Crippen LogP contribution is -2.18. The zero-order chi connectivity index (χ0) is 18.6. The molecular formula is C19H21F2NO3. The zero-order valence-electron chi connectivity index (χ0n) is 14.6. The molecule has 0 atom stereocenters. The summed E-state index contributed by atoms with van der Waals surface area (Å²) in [5.74, 6) is -0.417. The predicted molar refractivity (Wildman–Crippen MR) is 92.7 cm³/mol. The number of carbonyl (C=O) groups excluding carboxylic acids is 1. The highest BCUT2D eigenvalue weighted by atomic mass is 19.3. The van der Waals surface area contributed by atoms with Crippen molar-refractivity contribution in [2.24, 2.45) is 0 Å². The summed E-state index contributed by atoms with van der Waals surface area (Å²) in [6.45, 7) is 3.19. The molecule has 2 rings (SSSR count). The maximum atomic E-state index is 12.5. The van der Waals surface area contributed by atoms with Crippen LogP contribution in [0.3, 0.4) is 0 Å². The monoisotopic (exact) mass is 349 g/mol. The molecule has 0 unspecified atom stereocenters. The number of nitrogens with one attached hydrogen (secondary N) is 1. The van der Waals surface area contributed by atoms with Crippen LogP contribution in [0.2, 0.25) is 0 Å². The van der Waals surface area contributed by atoms with Crippen LogP contribution in [0.4, 0.5) is 14.5 Å². The summed E-state index contributed by atoms with van der Waals surface area (Å²) in [7, 11) is 1.32. The fourth-order valence-electron chi connectivity index (χ4n) is 2.44. The van der Waals surface area contributed by atoms with E-state index in [2.05, 4.69) is 30.8 Å². The second kappa shape index (κ2) is 7.51. The minimum absolute atomic E-state index is 0.0667. The molecule has 4 nitrogen and oxygen atoms in total. The number of alkyl halides is 2. The van der Waals surface area contributed by atoms with Gasteiger partial charge in [0.05, 0.1) is 7.11 Å². The van der Waals surface area contributed by atoms with Crippen molar-refractivity contribution in [3.05, 3.63) is 53.6 Å². The van der Waals surface area contributed by atoms with Crippen molar-refractivity contribution in [1.82, 2.24) is 0 Å². The summed E-state index contributed by atoms with van der Waals surface area (Å²) in [6.07, 6.45) is 0. The number of para-hydroxylation sites is 1. The van der Waals surface area contributed by atoms with E-state index in [4.69, 9.17) is 4.74 Å². The van der Waals surface area contributed by atoms with Crippen molar-refractivity contribution in [1.29, 1.82) is 0 Å². The normalized spacial score (nSPS) is 11.3. The second-order valence-corrected chi connectivity index (χ2v) is 6.49. The minimum Gasteiger partial charge on any atom is -0.493 e. The first-order valence-electron chi connectivity index (χ1n) is 7.76. The molecule has 0 heterocycles. The molecule has 0 fully saturated rings. The lowest BCUT2D eigenvalue weighted by atomic mass is 9.86. The SMILES string of the molecule is COc1cc(C(=O)Nc2ccccc2C(C)(C)C)ccc1OC(F)F. The first-order chi connectivity index (χ1) is 11.7. The number of amides is 1. The van der Waals surface area contributed by atoms with Crippen molar-refractivity contribution in [2.75, 3.05) is 12.4 Å². The van der Waals surface area contributed by atoms with Gasteiger partial charge in [0.1, 0.15) is 0 Å². The molecule has 0 saturated carbocycles. The lowest BCUT2D eigenvalue weighted by Gasteiger charge is -2.23. The van der Waals surface area contributed by atoms with Gasteiger partial charge in [0, 0.05) is 11.3 Å². The molecular weight excluding hydrogens is 328 g/mol. The summed E-state index contributed by atoms with van der Waals surface area (Å²) in [5.41, 5.74) is 1.83. The molecule has 0 radical (unpaired) electrons. The molecule has 1 amide bonds. The Kier molecular flexibility index (Phi) is 5.62. The molecule has 0 aromatic heterocycles. The highest BCUT2D eigenvalue weighted by Gasteiger charge is 2.20. The summed E-state index contributed by atoms with van der Waals surface area (Å²) in [4.78, 5) is 12.5. The van der Waals surface area contributed by atoms with Gasteiger partial charge in [0.15, 0.2) is 11.5 Å². The average Bonchev–Trinajstić information content (AvgIpc) is 2.54. The molecule has 6 heteroatoms. The fraction of sp³-hybridized carbons (Fsp3) is 0.316. The van der Waals surface area contributed by atoms with Crippen LogP contribution in [0.25, 0.3) is 0 Å². The van der Waals surface area contributed by atoms with Crippen LogP contribution in [0.15, 0.2) is 42.5 Å². The Morgan fingerprint density at radius 2 is 1.76 bits per heavy atom. The highest BCUT2D eigenvalue weighted by Crippen LogP contribution is 2.31. The maximum absolute atomic E-state index is 12.5. The molecule has 134 valence electrons. The molecule has 2 aromatic rings. The molecule has 0 aliphatic heterocycles. The largest absolute Gasteiger partial charge is 0.493 e. The minimum atomic E-state index is -2.97. The summed E-state index contributed by atoms with van der Waals surface area (Å²) in [6, 6.07) is 11.6. The number of anilines is 1. The third-order valence-corrected chi connectivity index (χ3v) is 3.63. The number of benzene rings is 2. The Bertz CT molecular complexity index is 755. The number of rotatable bonds is 5. The van der Waals surface area contributed by atoms with Crippen molar-refractivity contribution < 1.29 is 23.0 Å². The Balaban J connectivity index is 2.28. The smallest absolute Gasteiger partial charge is 0.387 e. The van der Waals surface area contributed by atoms with Crippen molar-refractivity contribution in [3.8, 4) is 11.5 Å². The van der Waals surface area contributed by atoms with Crippen molar-refractivity contribution in [2.45, 2.75) is 32.8 Å². The zero-order valence-corrected chi connectivity index (χ0v) is 14.6. The third kappa shape index (κ3) is 4.68. The number of halogens is 2. The molecule has 0 bridgehead atoms. The number of methoxy groups -OCH3 is 1. The van der Waals surface area contributed by atoms with Crippen LogP contribution in [-0.4, -0.2) is 19.6 Å². The van der Waals surface area contributed by atoms with E-state index >= 15 is 0 Å². The Morgan fingerprint density at radius 3 is 2.36 bits per heavy atom. The fourth-order valence-corrected chi connectivity index (χ4v) is 2.44. The molecule has 0 aliphatic carbocycles. The van der Waals surface area contributed by atoms with Crippen molar-refractivity contribution in [3.63, 3.8) is 0 Å². The third-order valence-electron chi connectivity index (χ3n) is 3.63. The van der Waals surface area contributed by atoms with Crippen LogP contribution in [0, 0.1) is 0 Å². The van der Waals surface area contributed by atoms with E-state index in [1.165, 1.54) is 25.3 Å². The van der Waals surface area contributed by atoms with Gasteiger partial charge in [-0.25, -0.2) is 0 Å². The number of carbonyl (C=O) groups is 1. The number of ether oxygens (including phenoxy) is 2. The number of hydrogen-bond acceptors (Lipinski definition) is 3. The standard InChI is InChI=1S/C19H21F2NO3/c1-19(2,3)13-7-5-6-8-14(13)22-17(23)12-9-10-15(25-18(20)21)16(11-12)24-4/h5-11,18H,1-4H3,(H,22,23). The van der Waals surface area contributed by atoms with E-state index in [9.17, 15) is 13.6 Å². The van der Waals surface area contributed by atoms with Crippen LogP contribution in [-0.2, 0) is 5.41 Å².